The summed E-state index contributed by atoms with van der Waals surface area (Å²) in [6, 6.07) is 7.59. The molecule has 0 saturated carbocycles. The van der Waals surface area contributed by atoms with Crippen LogP contribution in [0, 0.1) is 0 Å². The highest BCUT2D eigenvalue weighted by atomic mass is 16.7. The number of hydrogen-bond donors (Lipinski definition) is 1. The molecule has 2 heterocycles. The lowest BCUT2D eigenvalue weighted by Gasteiger charge is -2.30. The molecule has 2 atom stereocenters. The number of nitrogens with zero attached hydrogens (tertiary/aromatic N) is 3. The molecule has 1 aliphatic heterocycles. The van der Waals surface area contributed by atoms with Crippen LogP contribution in [0.25, 0.3) is 10.9 Å². The zero-order chi connectivity index (χ0) is 26.8. The van der Waals surface area contributed by atoms with Gasteiger partial charge in [-0.3, -0.25) is 14.8 Å². The van der Waals surface area contributed by atoms with Gasteiger partial charge in [0.2, 0.25) is 0 Å². The van der Waals surface area contributed by atoms with Crippen molar-refractivity contribution in [3.63, 3.8) is 0 Å². The van der Waals surface area contributed by atoms with Gasteiger partial charge in [0.25, 0.3) is 0 Å². The van der Waals surface area contributed by atoms with E-state index in [9.17, 15) is 9.90 Å². The fourth-order valence-corrected chi connectivity index (χ4v) is 4.78. The van der Waals surface area contributed by atoms with Crippen molar-refractivity contribution in [1.29, 1.82) is 0 Å². The van der Waals surface area contributed by atoms with E-state index in [0.717, 1.165) is 48.3 Å². The summed E-state index contributed by atoms with van der Waals surface area (Å²) in [4.78, 5) is 21.4. The molecule has 1 fully saturated rings. The van der Waals surface area contributed by atoms with Gasteiger partial charge >= 0.3 is 6.16 Å². The van der Waals surface area contributed by atoms with E-state index in [-0.39, 0.29) is 6.23 Å². The van der Waals surface area contributed by atoms with E-state index in [1.807, 2.05) is 45.0 Å². The molecule has 8 heteroatoms. The first kappa shape index (κ1) is 29.1. The molecular weight excluding hydrogens is 470 g/mol. The summed E-state index contributed by atoms with van der Waals surface area (Å²) in [6.07, 6.45) is 6.69. The molecule has 8 nitrogen and oxygen atoms in total. The van der Waals surface area contributed by atoms with Crippen LogP contribution >= 0.6 is 0 Å². The lowest BCUT2D eigenvalue weighted by atomic mass is 10.0. The summed E-state index contributed by atoms with van der Waals surface area (Å²) in [7, 11) is 1.64. The highest BCUT2D eigenvalue weighted by Crippen LogP contribution is 2.28. The second-order valence-corrected chi connectivity index (χ2v) is 10.9. The first-order valence-electron chi connectivity index (χ1n) is 13.7. The first-order chi connectivity index (χ1) is 17.7. The van der Waals surface area contributed by atoms with Crippen LogP contribution in [0.15, 0.2) is 30.5 Å². The smallest absolute Gasteiger partial charge is 0.497 e. The monoisotopic (exact) mass is 515 g/mol. The van der Waals surface area contributed by atoms with Gasteiger partial charge in [-0.15, -0.1) is 0 Å². The molecule has 1 aromatic heterocycles. The maximum absolute atomic E-state index is 12.5. The number of ether oxygens (including phenoxy) is 3. The van der Waals surface area contributed by atoms with Crippen molar-refractivity contribution in [2.45, 2.75) is 84.2 Å². The van der Waals surface area contributed by atoms with Crippen LogP contribution in [-0.2, 0) is 9.47 Å². The number of unbranched alkanes of at least 4 members (excludes halogenated alkanes) is 4. The standard InChI is InChI=1S/C29H45N3O5/c1-6-7-8-9-10-16-32-19-18-31(17-14-27(32)36-28(34)37-29(2,3)4)21-26(33)23-13-15-30-25-12-11-22(35-5)20-24(23)25/h11-13,15,20,26-27,33H,6-10,14,16-19,21H2,1-5H3. The molecule has 0 amide bonds. The van der Waals surface area contributed by atoms with Crippen molar-refractivity contribution in [2.24, 2.45) is 0 Å². The Morgan fingerprint density at radius 3 is 2.65 bits per heavy atom. The van der Waals surface area contributed by atoms with Gasteiger partial charge < -0.3 is 19.3 Å². The number of rotatable bonds is 11. The Balaban J connectivity index is 1.67. The fraction of sp³-hybridized carbons (Fsp3) is 0.655. The minimum absolute atomic E-state index is 0.339. The highest BCUT2D eigenvalue weighted by Gasteiger charge is 2.30. The Bertz CT molecular complexity index is 993. The maximum atomic E-state index is 12.5. The number of aromatic nitrogens is 1. The molecule has 1 aromatic carbocycles. The molecule has 0 radical (unpaired) electrons. The summed E-state index contributed by atoms with van der Waals surface area (Å²) in [5.74, 6) is 0.737. The number of carbonyl (C=O) groups excluding carboxylic acids is 1. The fourth-order valence-electron chi connectivity index (χ4n) is 4.78. The second kappa shape index (κ2) is 13.9. The number of methoxy groups -OCH3 is 1. The average Bonchev–Trinajstić information content (AvgIpc) is 3.03. The van der Waals surface area contributed by atoms with Gasteiger partial charge in [0.05, 0.1) is 18.7 Å². The van der Waals surface area contributed by atoms with Gasteiger partial charge in [0, 0.05) is 50.7 Å². The lowest BCUT2D eigenvalue weighted by molar-refractivity contribution is -0.0717. The summed E-state index contributed by atoms with van der Waals surface area (Å²) < 4.78 is 16.6. The van der Waals surface area contributed by atoms with Crippen LogP contribution in [0.4, 0.5) is 4.79 Å². The van der Waals surface area contributed by atoms with E-state index in [1.165, 1.54) is 25.7 Å². The molecule has 1 N–H and O–H groups in total. The molecule has 1 aliphatic rings. The topological polar surface area (TPSA) is 84.4 Å². The molecule has 0 spiro atoms. The Morgan fingerprint density at radius 2 is 1.92 bits per heavy atom. The Labute approximate surface area is 221 Å². The van der Waals surface area contributed by atoms with E-state index in [2.05, 4.69) is 21.7 Å². The average molecular weight is 516 g/mol. The summed E-state index contributed by atoms with van der Waals surface area (Å²) >= 11 is 0. The van der Waals surface area contributed by atoms with Gasteiger partial charge in [-0.2, -0.15) is 0 Å². The van der Waals surface area contributed by atoms with Crippen molar-refractivity contribution in [3.8, 4) is 5.75 Å². The molecule has 2 unspecified atom stereocenters. The number of aliphatic hydroxyl groups excluding tert-OH is 1. The molecule has 2 aromatic rings. The van der Waals surface area contributed by atoms with Crippen LogP contribution in [0.5, 0.6) is 5.75 Å². The van der Waals surface area contributed by atoms with Gasteiger partial charge in [-0.1, -0.05) is 32.6 Å². The third-order valence-corrected chi connectivity index (χ3v) is 6.75. The van der Waals surface area contributed by atoms with Crippen molar-refractivity contribution in [2.75, 3.05) is 39.8 Å². The van der Waals surface area contributed by atoms with E-state index < -0.39 is 17.9 Å². The first-order valence-corrected chi connectivity index (χ1v) is 13.7. The van der Waals surface area contributed by atoms with Crippen LogP contribution in [0.3, 0.4) is 0 Å². The van der Waals surface area contributed by atoms with Crippen molar-refractivity contribution in [1.82, 2.24) is 14.8 Å². The molecule has 37 heavy (non-hydrogen) atoms. The van der Waals surface area contributed by atoms with Crippen molar-refractivity contribution < 1.29 is 24.1 Å². The zero-order valence-corrected chi connectivity index (χ0v) is 23.2. The van der Waals surface area contributed by atoms with Gasteiger partial charge in [0.15, 0.2) is 6.23 Å². The molecule has 1 saturated heterocycles. The zero-order valence-electron chi connectivity index (χ0n) is 23.2. The molecular formula is C29H45N3O5. The minimum atomic E-state index is -0.677. The number of hydrogen-bond acceptors (Lipinski definition) is 8. The second-order valence-electron chi connectivity index (χ2n) is 10.9. The van der Waals surface area contributed by atoms with Crippen LogP contribution < -0.4 is 4.74 Å². The summed E-state index contributed by atoms with van der Waals surface area (Å²) in [6.45, 7) is 11.4. The summed E-state index contributed by atoms with van der Waals surface area (Å²) in [5, 5.41) is 12.1. The molecule has 3 rings (SSSR count). The maximum Gasteiger partial charge on any atom is 0.510 e. The van der Waals surface area contributed by atoms with Gasteiger partial charge in [-0.05, 0) is 57.0 Å². The predicted octanol–water partition coefficient (Wildman–Crippen LogP) is 5.53. The Kier molecular flexibility index (Phi) is 11.0. The largest absolute Gasteiger partial charge is 0.510 e. The number of β-amino-alcohol motifs (C(OH)–C–C–N with tert-alkyl or cyclic N) is 1. The number of pyridine rings is 1. The number of benzene rings is 1. The van der Waals surface area contributed by atoms with Crippen LogP contribution in [0.1, 0.15) is 77.9 Å². The normalized spacial score (nSPS) is 18.4. The highest BCUT2D eigenvalue weighted by molar-refractivity contribution is 5.83. The Morgan fingerprint density at radius 1 is 1.14 bits per heavy atom. The van der Waals surface area contributed by atoms with E-state index in [4.69, 9.17) is 14.2 Å². The van der Waals surface area contributed by atoms with Gasteiger partial charge in [-0.25, -0.2) is 4.79 Å². The van der Waals surface area contributed by atoms with E-state index >= 15 is 0 Å². The van der Waals surface area contributed by atoms with E-state index in [1.54, 1.807) is 13.3 Å². The SMILES string of the molecule is CCCCCCCN1CCN(CC(O)c2ccnc3ccc(OC)cc23)CCC1OC(=O)OC(C)(C)C. The number of fused-ring (bicyclic) bond motifs is 1. The molecule has 0 aliphatic carbocycles. The third kappa shape index (κ3) is 9.13. The van der Waals surface area contributed by atoms with E-state index in [0.29, 0.717) is 19.5 Å². The van der Waals surface area contributed by atoms with Crippen LogP contribution in [-0.4, -0.2) is 77.7 Å². The molecule has 0 bridgehead atoms. The van der Waals surface area contributed by atoms with Gasteiger partial charge in [0.1, 0.15) is 11.4 Å². The predicted molar refractivity (Wildman–Crippen MR) is 146 cm³/mol. The quantitative estimate of drug-likeness (QED) is 0.309. The lowest BCUT2D eigenvalue weighted by Crippen LogP contribution is -2.41. The van der Waals surface area contributed by atoms with Crippen LogP contribution in [0.2, 0.25) is 0 Å². The molecule has 206 valence electrons. The minimum Gasteiger partial charge on any atom is -0.497 e. The van der Waals surface area contributed by atoms with Crippen molar-refractivity contribution in [3.05, 3.63) is 36.0 Å². The third-order valence-electron chi connectivity index (χ3n) is 6.75. The Hall–Kier alpha value is -2.42. The number of aliphatic hydroxyl groups is 1. The number of carbonyl (C=O) groups is 1. The van der Waals surface area contributed by atoms with Crippen molar-refractivity contribution >= 4 is 17.1 Å². The summed E-state index contributed by atoms with van der Waals surface area (Å²) in [5.41, 5.74) is 1.06.